The summed E-state index contributed by atoms with van der Waals surface area (Å²) in [6.07, 6.45) is 1.55. The number of carbonyl (C=O) groups is 1. The standard InChI is InChI=1S/C26H24N6O/c1-26(2,3)19-10-7-16(8-11-19)25(33)29-20-6-4-5-17(13-20)23-21-14-18(24-27-15-28-32-24)9-12-22(21)30-31-23/h4-15H,1-3H3,(H,29,33)(H,30,31)(H,27,28,32). The van der Waals surface area contributed by atoms with Crippen molar-refractivity contribution >= 4 is 22.5 Å². The average molecular weight is 437 g/mol. The molecule has 2 aromatic heterocycles. The van der Waals surface area contributed by atoms with Crippen molar-refractivity contribution in [2.45, 2.75) is 26.2 Å². The number of carbonyl (C=O) groups excluding carboxylic acids is 1. The molecule has 0 spiro atoms. The van der Waals surface area contributed by atoms with Gasteiger partial charge in [0.1, 0.15) is 6.33 Å². The molecule has 0 radical (unpaired) electrons. The second-order valence-electron chi connectivity index (χ2n) is 9.02. The third-order valence-corrected chi connectivity index (χ3v) is 5.64. The summed E-state index contributed by atoms with van der Waals surface area (Å²) in [6.45, 7) is 6.46. The molecule has 0 atom stereocenters. The number of anilines is 1. The molecule has 5 rings (SSSR count). The number of aromatic amines is 2. The van der Waals surface area contributed by atoms with E-state index in [0.29, 0.717) is 17.1 Å². The van der Waals surface area contributed by atoms with Gasteiger partial charge in [0, 0.05) is 27.8 Å². The van der Waals surface area contributed by atoms with Crippen LogP contribution in [0.3, 0.4) is 0 Å². The van der Waals surface area contributed by atoms with Gasteiger partial charge >= 0.3 is 0 Å². The molecule has 0 saturated carbocycles. The number of hydrogen-bond acceptors (Lipinski definition) is 4. The van der Waals surface area contributed by atoms with Crippen molar-refractivity contribution in [3.63, 3.8) is 0 Å². The van der Waals surface area contributed by atoms with E-state index in [1.54, 1.807) is 6.33 Å². The van der Waals surface area contributed by atoms with Gasteiger partial charge < -0.3 is 5.32 Å². The van der Waals surface area contributed by atoms with E-state index < -0.39 is 0 Å². The Bertz CT molecular complexity index is 1430. The van der Waals surface area contributed by atoms with Crippen LogP contribution in [0.2, 0.25) is 0 Å². The van der Waals surface area contributed by atoms with E-state index in [1.807, 2.05) is 66.7 Å². The smallest absolute Gasteiger partial charge is 0.255 e. The maximum atomic E-state index is 12.8. The molecule has 3 aromatic carbocycles. The summed E-state index contributed by atoms with van der Waals surface area (Å²) < 4.78 is 0. The summed E-state index contributed by atoms with van der Waals surface area (Å²) in [5.74, 6) is 0.480. The normalized spacial score (nSPS) is 11.6. The Hall–Kier alpha value is -4.26. The van der Waals surface area contributed by atoms with Gasteiger partial charge in [-0.2, -0.15) is 10.2 Å². The molecular weight excluding hydrogens is 412 g/mol. The molecule has 0 bridgehead atoms. The molecule has 0 aliphatic carbocycles. The van der Waals surface area contributed by atoms with Crippen molar-refractivity contribution in [3.05, 3.63) is 84.2 Å². The molecule has 0 aliphatic heterocycles. The Kier molecular flexibility index (Phi) is 5.01. The van der Waals surface area contributed by atoms with Crippen LogP contribution in [0, 0.1) is 0 Å². The van der Waals surface area contributed by atoms with Crippen LogP contribution in [0.25, 0.3) is 33.5 Å². The molecular formula is C26H24N6O. The number of benzene rings is 3. The Morgan fingerprint density at radius 2 is 1.73 bits per heavy atom. The maximum absolute atomic E-state index is 12.8. The SMILES string of the molecule is CC(C)(C)c1ccc(C(=O)Nc2cccc(-c3n[nH]c4ccc(-c5nc[nH]n5)cc34)c2)cc1. The predicted molar refractivity (Wildman–Crippen MR) is 130 cm³/mol. The van der Waals surface area contributed by atoms with Crippen molar-refractivity contribution in [2.75, 3.05) is 5.32 Å². The zero-order chi connectivity index (χ0) is 23.0. The first-order valence-electron chi connectivity index (χ1n) is 10.7. The van der Waals surface area contributed by atoms with Crippen LogP contribution in [0.15, 0.2) is 73.1 Å². The molecule has 1 amide bonds. The number of nitrogens with zero attached hydrogens (tertiary/aromatic N) is 3. The monoisotopic (exact) mass is 436 g/mol. The fourth-order valence-electron chi connectivity index (χ4n) is 3.79. The van der Waals surface area contributed by atoms with Crippen molar-refractivity contribution in [1.29, 1.82) is 0 Å². The fraction of sp³-hybridized carbons (Fsp3) is 0.154. The Labute approximate surface area is 191 Å². The first kappa shape index (κ1) is 20.6. The lowest BCUT2D eigenvalue weighted by Gasteiger charge is -2.19. The van der Waals surface area contributed by atoms with E-state index in [0.717, 1.165) is 27.7 Å². The fourth-order valence-corrected chi connectivity index (χ4v) is 3.79. The molecule has 2 heterocycles. The molecule has 0 unspecified atom stereocenters. The zero-order valence-corrected chi connectivity index (χ0v) is 18.7. The van der Waals surface area contributed by atoms with E-state index in [4.69, 9.17) is 0 Å². The first-order chi connectivity index (χ1) is 15.9. The number of nitrogens with one attached hydrogen (secondary N) is 3. The maximum Gasteiger partial charge on any atom is 0.255 e. The average Bonchev–Trinajstić information content (AvgIpc) is 3.48. The molecule has 0 saturated heterocycles. The summed E-state index contributed by atoms with van der Waals surface area (Å²) in [5, 5.41) is 18.4. The van der Waals surface area contributed by atoms with Crippen LogP contribution in [0.5, 0.6) is 0 Å². The summed E-state index contributed by atoms with van der Waals surface area (Å²) in [4.78, 5) is 17.0. The highest BCUT2D eigenvalue weighted by Gasteiger charge is 2.15. The van der Waals surface area contributed by atoms with Crippen molar-refractivity contribution < 1.29 is 4.79 Å². The predicted octanol–water partition coefficient (Wildman–Crippen LogP) is 5.56. The number of amides is 1. The van der Waals surface area contributed by atoms with Gasteiger partial charge in [-0.25, -0.2) is 4.98 Å². The van der Waals surface area contributed by atoms with Gasteiger partial charge in [-0.05, 0) is 53.4 Å². The highest BCUT2D eigenvalue weighted by molar-refractivity contribution is 6.05. The minimum atomic E-state index is -0.147. The molecule has 3 N–H and O–H groups in total. The van der Waals surface area contributed by atoms with Gasteiger partial charge in [0.2, 0.25) is 0 Å². The van der Waals surface area contributed by atoms with E-state index in [1.165, 1.54) is 5.56 Å². The highest BCUT2D eigenvalue weighted by atomic mass is 16.1. The Morgan fingerprint density at radius 1 is 0.909 bits per heavy atom. The van der Waals surface area contributed by atoms with Gasteiger partial charge in [-0.1, -0.05) is 45.0 Å². The number of rotatable bonds is 4. The van der Waals surface area contributed by atoms with E-state index >= 15 is 0 Å². The number of fused-ring (bicyclic) bond motifs is 1. The second kappa shape index (κ2) is 8.02. The Balaban J connectivity index is 1.42. The number of H-pyrrole nitrogens is 2. The molecule has 5 aromatic rings. The van der Waals surface area contributed by atoms with Crippen LogP contribution >= 0.6 is 0 Å². The van der Waals surface area contributed by atoms with E-state index in [9.17, 15) is 4.79 Å². The van der Waals surface area contributed by atoms with Crippen molar-refractivity contribution in [3.8, 4) is 22.6 Å². The van der Waals surface area contributed by atoms with Gasteiger partial charge in [-0.15, -0.1) is 0 Å². The summed E-state index contributed by atoms with van der Waals surface area (Å²) in [6, 6.07) is 21.4. The third kappa shape index (κ3) is 4.13. The minimum absolute atomic E-state index is 0.0444. The summed E-state index contributed by atoms with van der Waals surface area (Å²) in [5.41, 5.74) is 6.07. The highest BCUT2D eigenvalue weighted by Crippen LogP contribution is 2.31. The lowest BCUT2D eigenvalue weighted by Crippen LogP contribution is -2.14. The lowest BCUT2D eigenvalue weighted by molar-refractivity contribution is 0.102. The quantitative estimate of drug-likeness (QED) is 0.343. The third-order valence-electron chi connectivity index (χ3n) is 5.64. The topological polar surface area (TPSA) is 99.4 Å². The number of hydrogen-bond donors (Lipinski definition) is 3. The van der Waals surface area contributed by atoms with Crippen LogP contribution in [-0.2, 0) is 5.41 Å². The van der Waals surface area contributed by atoms with Crippen LogP contribution in [0.4, 0.5) is 5.69 Å². The second-order valence-corrected chi connectivity index (χ2v) is 9.02. The molecule has 7 heteroatoms. The Morgan fingerprint density at radius 3 is 2.45 bits per heavy atom. The van der Waals surface area contributed by atoms with Crippen molar-refractivity contribution in [2.24, 2.45) is 0 Å². The molecule has 7 nitrogen and oxygen atoms in total. The minimum Gasteiger partial charge on any atom is -0.322 e. The summed E-state index contributed by atoms with van der Waals surface area (Å²) in [7, 11) is 0. The van der Waals surface area contributed by atoms with Crippen LogP contribution < -0.4 is 5.32 Å². The largest absolute Gasteiger partial charge is 0.322 e. The first-order valence-corrected chi connectivity index (χ1v) is 10.7. The molecule has 33 heavy (non-hydrogen) atoms. The summed E-state index contributed by atoms with van der Waals surface area (Å²) >= 11 is 0. The lowest BCUT2D eigenvalue weighted by atomic mass is 9.87. The van der Waals surface area contributed by atoms with Crippen LogP contribution in [-0.4, -0.2) is 31.3 Å². The van der Waals surface area contributed by atoms with Gasteiger partial charge in [-0.3, -0.25) is 15.0 Å². The van der Waals surface area contributed by atoms with Gasteiger partial charge in [0.05, 0.1) is 11.2 Å². The van der Waals surface area contributed by atoms with E-state index in [-0.39, 0.29) is 11.3 Å². The van der Waals surface area contributed by atoms with E-state index in [2.05, 4.69) is 51.5 Å². The zero-order valence-electron chi connectivity index (χ0n) is 18.7. The van der Waals surface area contributed by atoms with Gasteiger partial charge in [0.15, 0.2) is 5.82 Å². The number of aromatic nitrogens is 5. The van der Waals surface area contributed by atoms with Crippen LogP contribution in [0.1, 0.15) is 36.7 Å². The molecule has 0 fully saturated rings. The molecule has 164 valence electrons. The molecule has 0 aliphatic rings. The van der Waals surface area contributed by atoms with Crippen molar-refractivity contribution in [1.82, 2.24) is 25.4 Å². The van der Waals surface area contributed by atoms with Gasteiger partial charge in [0.25, 0.3) is 5.91 Å².